The largest absolute Gasteiger partial charge is 0.394 e. The summed E-state index contributed by atoms with van der Waals surface area (Å²) in [6.07, 6.45) is -2.13. The molecule has 15 heavy (non-hydrogen) atoms. The van der Waals surface area contributed by atoms with Gasteiger partial charge >= 0.3 is 0 Å². The van der Waals surface area contributed by atoms with Gasteiger partial charge in [-0.1, -0.05) is 27.7 Å². The Bertz CT molecular complexity index is 211. The fourth-order valence-corrected chi connectivity index (χ4v) is 2.25. The molecule has 0 amide bonds. The van der Waals surface area contributed by atoms with Gasteiger partial charge in [-0.25, -0.2) is 0 Å². The highest BCUT2D eigenvalue weighted by Crippen LogP contribution is 2.39. The molecule has 0 bridgehead atoms. The number of hydrogen-bond acceptors (Lipinski definition) is 4. The molecular formula is C11H22O4. The summed E-state index contributed by atoms with van der Waals surface area (Å²) in [5, 5.41) is 28.9. The van der Waals surface area contributed by atoms with Gasteiger partial charge in [0, 0.05) is 11.8 Å². The van der Waals surface area contributed by atoms with E-state index in [1.165, 1.54) is 0 Å². The van der Waals surface area contributed by atoms with Crippen molar-refractivity contribution in [3.8, 4) is 0 Å². The molecule has 4 heteroatoms. The first kappa shape index (κ1) is 12.9. The van der Waals surface area contributed by atoms with Crippen LogP contribution in [0.5, 0.6) is 0 Å². The van der Waals surface area contributed by atoms with Crippen LogP contribution in [0.15, 0.2) is 0 Å². The molecule has 90 valence electrons. The molecule has 1 saturated heterocycles. The molecule has 0 unspecified atom stereocenters. The zero-order valence-corrected chi connectivity index (χ0v) is 9.84. The van der Waals surface area contributed by atoms with Crippen molar-refractivity contribution in [3.05, 3.63) is 0 Å². The zero-order valence-electron chi connectivity index (χ0n) is 9.84. The van der Waals surface area contributed by atoms with E-state index in [1.807, 2.05) is 27.7 Å². The van der Waals surface area contributed by atoms with Crippen LogP contribution in [0.3, 0.4) is 0 Å². The second-order valence-corrected chi connectivity index (χ2v) is 5.49. The van der Waals surface area contributed by atoms with Crippen molar-refractivity contribution in [2.45, 2.75) is 46.2 Å². The summed E-state index contributed by atoms with van der Waals surface area (Å²) in [6.45, 7) is 7.53. The SMILES string of the molecule is C[C@H]1[C@@H](O)[C@H](C(C)(C)C)[C@H](O)O[C@H]1CO. The average molecular weight is 218 g/mol. The second kappa shape index (κ2) is 4.37. The molecule has 1 rings (SSSR count). The highest BCUT2D eigenvalue weighted by Gasteiger charge is 2.46. The summed E-state index contributed by atoms with van der Waals surface area (Å²) in [5.41, 5.74) is -0.229. The molecule has 0 spiro atoms. The molecule has 0 radical (unpaired) electrons. The fourth-order valence-electron chi connectivity index (χ4n) is 2.25. The Hall–Kier alpha value is -0.160. The average Bonchev–Trinajstić information content (AvgIpc) is 2.09. The minimum Gasteiger partial charge on any atom is -0.394 e. The van der Waals surface area contributed by atoms with Crippen LogP contribution in [0.4, 0.5) is 0 Å². The number of aliphatic hydroxyl groups excluding tert-OH is 3. The highest BCUT2D eigenvalue weighted by atomic mass is 16.6. The lowest BCUT2D eigenvalue weighted by molar-refractivity contribution is -0.270. The van der Waals surface area contributed by atoms with Crippen molar-refractivity contribution in [2.24, 2.45) is 17.3 Å². The normalized spacial score (nSPS) is 43.0. The van der Waals surface area contributed by atoms with E-state index in [4.69, 9.17) is 9.84 Å². The maximum absolute atomic E-state index is 10.1. The molecule has 3 N–H and O–H groups in total. The van der Waals surface area contributed by atoms with E-state index >= 15 is 0 Å². The van der Waals surface area contributed by atoms with Crippen molar-refractivity contribution < 1.29 is 20.1 Å². The third-order valence-corrected chi connectivity index (χ3v) is 3.29. The van der Waals surface area contributed by atoms with E-state index in [9.17, 15) is 10.2 Å². The first-order chi connectivity index (χ1) is 6.79. The van der Waals surface area contributed by atoms with Gasteiger partial charge in [0.15, 0.2) is 6.29 Å². The van der Waals surface area contributed by atoms with Crippen LogP contribution < -0.4 is 0 Å². The lowest BCUT2D eigenvalue weighted by Gasteiger charge is -2.46. The summed E-state index contributed by atoms with van der Waals surface area (Å²) in [6, 6.07) is 0. The van der Waals surface area contributed by atoms with E-state index in [0.717, 1.165) is 0 Å². The first-order valence-electron chi connectivity index (χ1n) is 5.41. The Morgan fingerprint density at radius 2 is 1.73 bits per heavy atom. The fraction of sp³-hybridized carbons (Fsp3) is 1.00. The maximum Gasteiger partial charge on any atom is 0.160 e. The Kier molecular flexibility index (Phi) is 3.76. The molecule has 0 aromatic rings. The van der Waals surface area contributed by atoms with Gasteiger partial charge in [0.05, 0.1) is 18.8 Å². The monoisotopic (exact) mass is 218 g/mol. The van der Waals surface area contributed by atoms with Gasteiger partial charge in [0.25, 0.3) is 0 Å². The van der Waals surface area contributed by atoms with E-state index in [2.05, 4.69) is 0 Å². The van der Waals surface area contributed by atoms with E-state index in [0.29, 0.717) is 0 Å². The smallest absolute Gasteiger partial charge is 0.160 e. The Labute approximate surface area is 90.9 Å². The van der Waals surface area contributed by atoms with Gasteiger partial charge in [-0.05, 0) is 5.41 Å². The van der Waals surface area contributed by atoms with Crippen molar-refractivity contribution in [3.63, 3.8) is 0 Å². The summed E-state index contributed by atoms with van der Waals surface area (Å²) in [7, 11) is 0. The van der Waals surface area contributed by atoms with Crippen molar-refractivity contribution in [1.29, 1.82) is 0 Å². The predicted molar refractivity (Wildman–Crippen MR) is 56.1 cm³/mol. The number of rotatable bonds is 1. The molecular weight excluding hydrogens is 196 g/mol. The summed E-state index contributed by atoms with van der Waals surface area (Å²) in [5.74, 6) is -0.488. The minimum atomic E-state index is -1.01. The highest BCUT2D eigenvalue weighted by molar-refractivity contribution is 4.91. The Morgan fingerprint density at radius 3 is 2.13 bits per heavy atom. The molecule has 5 atom stereocenters. The Morgan fingerprint density at radius 1 is 1.20 bits per heavy atom. The first-order valence-corrected chi connectivity index (χ1v) is 5.41. The van der Waals surface area contributed by atoms with E-state index < -0.39 is 18.5 Å². The second-order valence-electron chi connectivity index (χ2n) is 5.49. The van der Waals surface area contributed by atoms with Gasteiger partial charge < -0.3 is 20.1 Å². The predicted octanol–water partition coefficient (Wildman–Crippen LogP) is 0.355. The number of aliphatic hydroxyl groups is 3. The maximum atomic E-state index is 10.1. The van der Waals surface area contributed by atoms with Crippen molar-refractivity contribution >= 4 is 0 Å². The lowest BCUT2D eigenvalue weighted by atomic mass is 9.71. The van der Waals surface area contributed by atoms with E-state index in [1.54, 1.807) is 0 Å². The molecule has 0 saturated carbocycles. The van der Waals surface area contributed by atoms with Crippen LogP contribution in [-0.4, -0.2) is 40.4 Å². The molecule has 1 fully saturated rings. The number of ether oxygens (including phenoxy) is 1. The standard InChI is InChI=1S/C11H22O4/c1-6-7(5-12)15-10(14)8(9(6)13)11(2,3)4/h6-10,12-14H,5H2,1-4H3/t6-,7+,8+,9-,10-/m1/s1. The van der Waals surface area contributed by atoms with Gasteiger partial charge in [0.2, 0.25) is 0 Å². The van der Waals surface area contributed by atoms with Crippen LogP contribution in [-0.2, 0) is 4.74 Å². The Balaban J connectivity index is 2.84. The lowest BCUT2D eigenvalue weighted by Crippen LogP contribution is -2.55. The van der Waals surface area contributed by atoms with Crippen molar-refractivity contribution in [2.75, 3.05) is 6.61 Å². The topological polar surface area (TPSA) is 69.9 Å². The molecule has 1 heterocycles. The third-order valence-electron chi connectivity index (χ3n) is 3.29. The van der Waals surface area contributed by atoms with Crippen LogP contribution >= 0.6 is 0 Å². The minimum absolute atomic E-state index is 0.164. The van der Waals surface area contributed by atoms with Crippen LogP contribution in [0.1, 0.15) is 27.7 Å². The summed E-state index contributed by atoms with van der Waals surface area (Å²) >= 11 is 0. The molecule has 0 aromatic heterocycles. The van der Waals surface area contributed by atoms with Gasteiger partial charge in [0.1, 0.15) is 0 Å². The molecule has 0 aromatic carbocycles. The molecule has 0 aliphatic carbocycles. The van der Waals surface area contributed by atoms with Crippen LogP contribution in [0.25, 0.3) is 0 Å². The molecule has 1 aliphatic heterocycles. The van der Waals surface area contributed by atoms with Gasteiger partial charge in [-0.2, -0.15) is 0 Å². The van der Waals surface area contributed by atoms with Crippen LogP contribution in [0, 0.1) is 17.3 Å². The molecule has 1 aliphatic rings. The summed E-state index contributed by atoms with van der Waals surface area (Å²) in [4.78, 5) is 0. The van der Waals surface area contributed by atoms with Crippen molar-refractivity contribution in [1.82, 2.24) is 0 Å². The van der Waals surface area contributed by atoms with E-state index in [-0.39, 0.29) is 23.9 Å². The van der Waals surface area contributed by atoms with Crippen LogP contribution in [0.2, 0.25) is 0 Å². The quantitative estimate of drug-likeness (QED) is 0.594. The zero-order chi connectivity index (χ0) is 11.8. The number of hydrogen-bond donors (Lipinski definition) is 3. The summed E-state index contributed by atoms with van der Waals surface area (Å²) < 4.78 is 5.30. The third kappa shape index (κ3) is 2.50. The van der Waals surface area contributed by atoms with Gasteiger partial charge in [-0.15, -0.1) is 0 Å². The molecule has 4 nitrogen and oxygen atoms in total. The van der Waals surface area contributed by atoms with Gasteiger partial charge in [-0.3, -0.25) is 0 Å².